The molecule has 5 heteroatoms. The lowest BCUT2D eigenvalue weighted by Crippen LogP contribution is -1.95. The van der Waals surface area contributed by atoms with Gasteiger partial charge in [0, 0.05) is 44.0 Å². The first kappa shape index (κ1) is 29.9. The second-order valence-corrected chi connectivity index (χ2v) is 14.1. The Morgan fingerprint density at radius 1 is 0.321 bits per heavy atom. The van der Waals surface area contributed by atoms with Gasteiger partial charge < -0.3 is 9.13 Å². The van der Waals surface area contributed by atoms with Gasteiger partial charge in [0.2, 0.25) is 0 Å². The molecule has 0 saturated heterocycles. The predicted octanol–water partition coefficient (Wildman–Crippen LogP) is 12.9. The van der Waals surface area contributed by atoms with E-state index in [2.05, 4.69) is 185 Å². The lowest BCUT2D eigenvalue weighted by Gasteiger charge is -2.12. The van der Waals surface area contributed by atoms with E-state index in [0.717, 1.165) is 44.7 Å². The van der Waals surface area contributed by atoms with Gasteiger partial charge in [-0.25, -0.2) is 0 Å². The molecule has 0 aliphatic carbocycles. The zero-order valence-corrected chi connectivity index (χ0v) is 29.3. The molecule has 0 radical (unpaired) electrons. The van der Waals surface area contributed by atoms with E-state index in [1.807, 2.05) is 6.07 Å². The summed E-state index contributed by atoms with van der Waals surface area (Å²) in [6.07, 6.45) is 0. The highest BCUT2D eigenvalue weighted by Crippen LogP contribution is 2.39. The summed E-state index contributed by atoms with van der Waals surface area (Å²) < 4.78 is 14.2. The second-order valence-electron chi connectivity index (χ2n) is 13.5. The largest absolute Gasteiger partial charge is 0.309 e. The monoisotopic (exact) mass is 694 g/mol. The third-order valence-electron chi connectivity index (χ3n) is 10.6. The van der Waals surface area contributed by atoms with Crippen molar-refractivity contribution < 1.29 is 0 Å². The number of hydrogen-bond acceptors (Lipinski definition) is 3. The average Bonchev–Trinajstić information content (AvgIpc) is 3.94. The van der Waals surface area contributed by atoms with Crippen LogP contribution in [0, 0.1) is 0 Å². The minimum Gasteiger partial charge on any atom is -0.309 e. The van der Waals surface area contributed by atoms with Crippen molar-refractivity contribution >= 4 is 66.4 Å². The molecule has 0 bridgehead atoms. The summed E-state index contributed by atoms with van der Waals surface area (Å²) in [6, 6.07) is 65.6. The molecule has 3 heterocycles. The van der Waals surface area contributed by atoms with Crippen LogP contribution in [-0.4, -0.2) is 17.9 Å². The van der Waals surface area contributed by atoms with Crippen molar-refractivity contribution in [3.05, 3.63) is 182 Å². The van der Waals surface area contributed by atoms with Gasteiger partial charge in [-0.05, 0) is 70.8 Å². The summed E-state index contributed by atoms with van der Waals surface area (Å²) in [6.45, 7) is 0. The fraction of sp³-hybridized carbons (Fsp3) is 0. The van der Waals surface area contributed by atoms with E-state index in [1.165, 1.54) is 66.5 Å². The van der Waals surface area contributed by atoms with Gasteiger partial charge in [-0.1, -0.05) is 133 Å². The molecule has 8 aromatic carbocycles. The molecule has 11 rings (SSSR count). The van der Waals surface area contributed by atoms with Crippen molar-refractivity contribution in [1.82, 2.24) is 17.9 Å². The molecule has 0 aliphatic rings. The van der Waals surface area contributed by atoms with E-state index >= 15 is 0 Å². The number of nitrogens with zero attached hydrogens (tertiary/aromatic N) is 4. The molecular weight excluding hydrogens is 665 g/mol. The van der Waals surface area contributed by atoms with E-state index in [4.69, 9.17) is 8.75 Å². The van der Waals surface area contributed by atoms with Crippen LogP contribution in [0.25, 0.3) is 99.4 Å². The highest BCUT2D eigenvalue weighted by molar-refractivity contribution is 7.00. The molecule has 248 valence electrons. The van der Waals surface area contributed by atoms with Crippen LogP contribution in [0.3, 0.4) is 0 Å². The van der Waals surface area contributed by atoms with Crippen LogP contribution in [-0.2, 0) is 0 Å². The maximum atomic E-state index is 4.75. The van der Waals surface area contributed by atoms with Gasteiger partial charge in [0.25, 0.3) is 0 Å². The predicted molar refractivity (Wildman–Crippen MR) is 222 cm³/mol. The Balaban J connectivity index is 1.03. The zero-order chi connectivity index (χ0) is 34.9. The Bertz CT molecular complexity index is 3110. The van der Waals surface area contributed by atoms with Gasteiger partial charge in [0.15, 0.2) is 0 Å². The molecule has 0 aliphatic heterocycles. The van der Waals surface area contributed by atoms with Crippen LogP contribution >= 0.6 is 11.7 Å². The molecule has 0 amide bonds. The SMILES string of the molecule is c1ccc(-c2ccc(-c3ccc(-n4c5ccccc5c5ccc(-c6cccc(-n7c8ccccc8c8ccccc87)c6)cc54)cc3)c3nsnc23)cc1. The summed E-state index contributed by atoms with van der Waals surface area (Å²) in [5.74, 6) is 0. The Morgan fingerprint density at radius 2 is 0.792 bits per heavy atom. The van der Waals surface area contributed by atoms with Crippen LogP contribution < -0.4 is 0 Å². The average molecular weight is 695 g/mol. The molecule has 0 atom stereocenters. The van der Waals surface area contributed by atoms with Crippen molar-refractivity contribution in [1.29, 1.82) is 0 Å². The van der Waals surface area contributed by atoms with Gasteiger partial charge in [-0.15, -0.1) is 0 Å². The highest BCUT2D eigenvalue weighted by Gasteiger charge is 2.17. The van der Waals surface area contributed by atoms with Gasteiger partial charge in [0.1, 0.15) is 11.0 Å². The van der Waals surface area contributed by atoms with Gasteiger partial charge in [-0.3, -0.25) is 0 Å². The van der Waals surface area contributed by atoms with E-state index in [1.54, 1.807) is 0 Å². The fourth-order valence-electron chi connectivity index (χ4n) is 8.19. The standard InChI is InChI=1S/C48H30N4S/c1-2-11-31(12-3-1)37-27-28-38(48-47(37)49-53-50-48)32-21-24-35(25-22-32)51-43-18-7-6-17-41(43)42-26-23-34(30-46(42)51)33-13-10-14-36(29-33)52-44-19-8-4-15-39(44)40-16-5-9-20-45(40)52/h1-30H. The summed E-state index contributed by atoms with van der Waals surface area (Å²) in [5.41, 5.74) is 15.8. The molecule has 53 heavy (non-hydrogen) atoms. The summed E-state index contributed by atoms with van der Waals surface area (Å²) >= 11 is 1.27. The van der Waals surface area contributed by atoms with Crippen molar-refractivity contribution in [3.63, 3.8) is 0 Å². The summed E-state index contributed by atoms with van der Waals surface area (Å²) in [5, 5.41) is 5.01. The minimum atomic E-state index is 0.939. The highest BCUT2D eigenvalue weighted by atomic mass is 32.1. The van der Waals surface area contributed by atoms with Crippen LogP contribution in [0.5, 0.6) is 0 Å². The second kappa shape index (κ2) is 11.9. The third-order valence-corrected chi connectivity index (χ3v) is 11.2. The molecule has 0 N–H and O–H groups in total. The Labute approximate surface area is 309 Å². The zero-order valence-electron chi connectivity index (χ0n) is 28.5. The molecule has 3 aromatic heterocycles. The van der Waals surface area contributed by atoms with Crippen LogP contribution in [0.2, 0.25) is 0 Å². The molecule has 11 aromatic rings. The Hall–Kier alpha value is -6.82. The summed E-state index contributed by atoms with van der Waals surface area (Å²) in [4.78, 5) is 0. The number of para-hydroxylation sites is 3. The van der Waals surface area contributed by atoms with Gasteiger partial charge in [-0.2, -0.15) is 8.75 Å². The van der Waals surface area contributed by atoms with Gasteiger partial charge in [0.05, 0.1) is 33.8 Å². The first-order valence-electron chi connectivity index (χ1n) is 17.8. The van der Waals surface area contributed by atoms with E-state index in [9.17, 15) is 0 Å². The third kappa shape index (κ3) is 4.68. The molecule has 0 spiro atoms. The maximum Gasteiger partial charge on any atom is 0.113 e. The van der Waals surface area contributed by atoms with Crippen molar-refractivity contribution in [2.45, 2.75) is 0 Å². The lowest BCUT2D eigenvalue weighted by atomic mass is 9.98. The molecule has 0 saturated carbocycles. The molecule has 0 unspecified atom stereocenters. The number of benzene rings is 8. The smallest absolute Gasteiger partial charge is 0.113 e. The number of aromatic nitrogens is 4. The Kier molecular flexibility index (Phi) is 6.69. The topological polar surface area (TPSA) is 35.6 Å². The number of fused-ring (bicyclic) bond motifs is 7. The van der Waals surface area contributed by atoms with E-state index in [0.29, 0.717) is 0 Å². The lowest BCUT2D eigenvalue weighted by molar-refractivity contribution is 1.18. The van der Waals surface area contributed by atoms with Crippen LogP contribution in [0.15, 0.2) is 182 Å². The molecule has 0 fully saturated rings. The summed E-state index contributed by atoms with van der Waals surface area (Å²) in [7, 11) is 0. The molecular formula is C48H30N4S. The van der Waals surface area contributed by atoms with Crippen molar-refractivity contribution in [2.24, 2.45) is 0 Å². The molecule has 4 nitrogen and oxygen atoms in total. The first-order valence-corrected chi connectivity index (χ1v) is 18.6. The normalized spacial score (nSPS) is 11.8. The van der Waals surface area contributed by atoms with Gasteiger partial charge >= 0.3 is 0 Å². The number of rotatable bonds is 5. The van der Waals surface area contributed by atoms with E-state index in [-0.39, 0.29) is 0 Å². The minimum absolute atomic E-state index is 0.939. The van der Waals surface area contributed by atoms with Crippen LogP contribution in [0.1, 0.15) is 0 Å². The number of hydrogen-bond donors (Lipinski definition) is 0. The maximum absolute atomic E-state index is 4.75. The quantitative estimate of drug-likeness (QED) is 0.180. The Morgan fingerprint density at radius 3 is 1.42 bits per heavy atom. The van der Waals surface area contributed by atoms with Crippen molar-refractivity contribution in [3.8, 4) is 44.8 Å². The van der Waals surface area contributed by atoms with Crippen LogP contribution in [0.4, 0.5) is 0 Å². The fourth-order valence-corrected chi connectivity index (χ4v) is 8.77. The van der Waals surface area contributed by atoms with E-state index < -0.39 is 0 Å². The van der Waals surface area contributed by atoms with Crippen molar-refractivity contribution in [2.75, 3.05) is 0 Å². The first-order chi connectivity index (χ1) is 26.3.